The predicted molar refractivity (Wildman–Crippen MR) is 112 cm³/mol. The van der Waals surface area contributed by atoms with Crippen LogP contribution in [0, 0.1) is 0 Å². The van der Waals surface area contributed by atoms with Gasteiger partial charge in [0.15, 0.2) is 17.6 Å². The van der Waals surface area contributed by atoms with Gasteiger partial charge in [-0.15, -0.1) is 0 Å². The van der Waals surface area contributed by atoms with E-state index >= 15 is 0 Å². The molecule has 4 rings (SSSR count). The number of ether oxygens (including phenoxy) is 3. The third-order valence-corrected chi connectivity index (χ3v) is 5.65. The van der Waals surface area contributed by atoms with Gasteiger partial charge in [0.2, 0.25) is 0 Å². The number of methoxy groups -OCH3 is 2. The molecule has 2 heterocycles. The summed E-state index contributed by atoms with van der Waals surface area (Å²) in [6.07, 6.45) is 2.83. The van der Waals surface area contributed by atoms with Crippen LogP contribution in [0.3, 0.4) is 0 Å². The van der Waals surface area contributed by atoms with Crippen molar-refractivity contribution in [2.24, 2.45) is 0 Å². The first-order valence-corrected chi connectivity index (χ1v) is 10.2. The number of piperidine rings is 1. The van der Waals surface area contributed by atoms with Crippen LogP contribution in [0.5, 0.6) is 17.2 Å². The Morgan fingerprint density at radius 3 is 2.59 bits per heavy atom. The molecule has 154 valence electrons. The van der Waals surface area contributed by atoms with E-state index in [0.29, 0.717) is 18.8 Å². The summed E-state index contributed by atoms with van der Waals surface area (Å²) in [5, 5.41) is 0. The number of nitrogens with zero attached hydrogens (tertiary/aromatic N) is 2. The lowest BCUT2D eigenvalue weighted by atomic mass is 10.1. The minimum atomic E-state index is -0.500. The van der Waals surface area contributed by atoms with Crippen molar-refractivity contribution < 1.29 is 19.0 Å². The Morgan fingerprint density at radius 2 is 1.83 bits per heavy atom. The molecule has 1 saturated heterocycles. The minimum absolute atomic E-state index is 0.0850. The normalized spacial score (nSPS) is 18.6. The zero-order valence-electron chi connectivity index (χ0n) is 17.1. The van der Waals surface area contributed by atoms with E-state index in [2.05, 4.69) is 4.90 Å². The van der Waals surface area contributed by atoms with Crippen LogP contribution in [-0.2, 0) is 11.3 Å². The van der Waals surface area contributed by atoms with Crippen LogP contribution in [0.25, 0.3) is 0 Å². The highest BCUT2D eigenvalue weighted by Crippen LogP contribution is 2.37. The van der Waals surface area contributed by atoms with E-state index in [1.54, 1.807) is 14.2 Å². The topological polar surface area (TPSA) is 51.2 Å². The number of hydrogen-bond donors (Lipinski definition) is 0. The largest absolute Gasteiger partial charge is 0.493 e. The van der Waals surface area contributed by atoms with Crippen LogP contribution in [0.2, 0.25) is 0 Å². The van der Waals surface area contributed by atoms with Gasteiger partial charge in [0.25, 0.3) is 5.91 Å². The SMILES string of the molecule is COc1cccc(CN2C[C@@H](C(=O)N3CCCCC3)Oc3ccccc32)c1OC. The van der Waals surface area contributed by atoms with Gasteiger partial charge in [0, 0.05) is 25.2 Å². The third-order valence-electron chi connectivity index (χ3n) is 5.65. The van der Waals surface area contributed by atoms with Crippen molar-refractivity contribution >= 4 is 11.6 Å². The average Bonchev–Trinajstić information content (AvgIpc) is 2.78. The Labute approximate surface area is 172 Å². The van der Waals surface area contributed by atoms with Gasteiger partial charge in [-0.2, -0.15) is 0 Å². The quantitative estimate of drug-likeness (QED) is 0.775. The molecule has 6 nitrogen and oxygen atoms in total. The number of amides is 1. The van der Waals surface area contributed by atoms with Gasteiger partial charge in [0.1, 0.15) is 5.75 Å². The lowest BCUT2D eigenvalue weighted by Gasteiger charge is -2.38. The van der Waals surface area contributed by atoms with E-state index in [0.717, 1.165) is 48.7 Å². The second kappa shape index (κ2) is 8.64. The molecular weight excluding hydrogens is 368 g/mol. The highest BCUT2D eigenvalue weighted by molar-refractivity contribution is 5.83. The maximum absolute atomic E-state index is 13.1. The molecule has 0 saturated carbocycles. The lowest BCUT2D eigenvalue weighted by molar-refractivity contribution is -0.139. The molecule has 6 heteroatoms. The Morgan fingerprint density at radius 1 is 1.03 bits per heavy atom. The van der Waals surface area contributed by atoms with Crippen molar-refractivity contribution in [1.82, 2.24) is 4.90 Å². The van der Waals surface area contributed by atoms with Gasteiger partial charge in [-0.1, -0.05) is 24.3 Å². The number of fused-ring (bicyclic) bond motifs is 1. The van der Waals surface area contributed by atoms with Crippen molar-refractivity contribution in [2.45, 2.75) is 31.9 Å². The first-order chi connectivity index (χ1) is 14.2. The monoisotopic (exact) mass is 396 g/mol. The van der Waals surface area contributed by atoms with Crippen molar-refractivity contribution in [3.8, 4) is 17.2 Å². The summed E-state index contributed by atoms with van der Waals surface area (Å²) in [5.74, 6) is 2.25. The predicted octanol–water partition coefficient (Wildman–Crippen LogP) is 3.48. The van der Waals surface area contributed by atoms with E-state index in [1.165, 1.54) is 6.42 Å². The summed E-state index contributed by atoms with van der Waals surface area (Å²) in [6.45, 7) is 2.76. The molecule has 2 aromatic rings. The number of benzene rings is 2. The fraction of sp³-hybridized carbons (Fsp3) is 0.435. The highest BCUT2D eigenvalue weighted by Gasteiger charge is 2.34. The molecule has 0 radical (unpaired) electrons. The van der Waals surface area contributed by atoms with E-state index in [-0.39, 0.29) is 5.91 Å². The van der Waals surface area contributed by atoms with E-state index in [9.17, 15) is 4.79 Å². The molecule has 0 spiro atoms. The summed E-state index contributed by atoms with van der Waals surface area (Å²) >= 11 is 0. The number of para-hydroxylation sites is 3. The molecule has 2 aliphatic rings. The Bertz CT molecular complexity index is 864. The highest BCUT2D eigenvalue weighted by atomic mass is 16.5. The van der Waals surface area contributed by atoms with Crippen molar-refractivity contribution in [3.05, 3.63) is 48.0 Å². The van der Waals surface area contributed by atoms with Gasteiger partial charge in [-0.05, 0) is 37.5 Å². The van der Waals surface area contributed by atoms with Crippen LogP contribution in [0.4, 0.5) is 5.69 Å². The maximum atomic E-state index is 13.1. The third kappa shape index (κ3) is 3.97. The molecule has 0 N–H and O–H groups in total. The second-order valence-electron chi connectivity index (χ2n) is 7.49. The fourth-order valence-electron chi connectivity index (χ4n) is 4.19. The molecule has 0 bridgehead atoms. The molecule has 2 aliphatic heterocycles. The molecule has 0 unspecified atom stereocenters. The molecule has 29 heavy (non-hydrogen) atoms. The maximum Gasteiger partial charge on any atom is 0.265 e. The summed E-state index contributed by atoms with van der Waals surface area (Å²) in [4.78, 5) is 17.3. The first kappa shape index (κ1) is 19.4. The second-order valence-corrected chi connectivity index (χ2v) is 7.49. The number of carbonyl (C=O) groups is 1. The molecule has 1 amide bonds. The van der Waals surface area contributed by atoms with Gasteiger partial charge < -0.3 is 24.0 Å². The van der Waals surface area contributed by atoms with Crippen molar-refractivity contribution in [1.29, 1.82) is 0 Å². The number of hydrogen-bond acceptors (Lipinski definition) is 5. The fourth-order valence-corrected chi connectivity index (χ4v) is 4.19. The first-order valence-electron chi connectivity index (χ1n) is 10.2. The summed E-state index contributed by atoms with van der Waals surface area (Å²) in [6, 6.07) is 13.8. The molecule has 0 aromatic heterocycles. The molecule has 1 fully saturated rings. The van der Waals surface area contributed by atoms with Crippen molar-refractivity contribution in [3.63, 3.8) is 0 Å². The standard InChI is InChI=1S/C23H28N2O4/c1-27-20-12-8-9-17(22(20)28-2)15-25-16-21(23(26)24-13-6-3-7-14-24)29-19-11-5-4-10-18(19)25/h4-5,8-12,21H,3,6-7,13-16H2,1-2H3/t21-/m0/s1. The van der Waals surface area contributed by atoms with Gasteiger partial charge >= 0.3 is 0 Å². The van der Waals surface area contributed by atoms with E-state index in [1.807, 2.05) is 47.4 Å². The van der Waals surface area contributed by atoms with Crippen LogP contribution >= 0.6 is 0 Å². The van der Waals surface area contributed by atoms with E-state index < -0.39 is 6.10 Å². The van der Waals surface area contributed by atoms with Crippen LogP contribution < -0.4 is 19.1 Å². The van der Waals surface area contributed by atoms with Gasteiger partial charge in [-0.25, -0.2) is 0 Å². The molecule has 1 atom stereocenters. The average molecular weight is 396 g/mol. The number of rotatable bonds is 5. The van der Waals surface area contributed by atoms with Crippen LogP contribution in [0.1, 0.15) is 24.8 Å². The minimum Gasteiger partial charge on any atom is -0.493 e. The van der Waals surface area contributed by atoms with Gasteiger partial charge in [0.05, 0.1) is 26.5 Å². The zero-order valence-corrected chi connectivity index (χ0v) is 17.1. The number of likely N-dealkylation sites (tertiary alicyclic amines) is 1. The lowest BCUT2D eigenvalue weighted by Crippen LogP contribution is -2.51. The number of anilines is 1. The van der Waals surface area contributed by atoms with Crippen molar-refractivity contribution in [2.75, 3.05) is 38.8 Å². The summed E-state index contributed by atoms with van der Waals surface area (Å²) in [7, 11) is 3.29. The van der Waals surface area contributed by atoms with Gasteiger partial charge in [-0.3, -0.25) is 4.79 Å². The Balaban J connectivity index is 1.61. The smallest absolute Gasteiger partial charge is 0.265 e. The summed E-state index contributed by atoms with van der Waals surface area (Å²) < 4.78 is 17.2. The Hall–Kier alpha value is -2.89. The van der Waals surface area contributed by atoms with Crippen LogP contribution in [-0.4, -0.2) is 50.8 Å². The molecule has 0 aliphatic carbocycles. The van der Waals surface area contributed by atoms with E-state index in [4.69, 9.17) is 14.2 Å². The Kier molecular flexibility index (Phi) is 5.79. The number of carbonyl (C=O) groups excluding carboxylic acids is 1. The zero-order chi connectivity index (χ0) is 20.2. The molecule has 2 aromatic carbocycles. The molecular formula is C23H28N2O4. The van der Waals surface area contributed by atoms with Crippen LogP contribution in [0.15, 0.2) is 42.5 Å². The summed E-state index contributed by atoms with van der Waals surface area (Å²) in [5.41, 5.74) is 1.99.